The molecule has 2 aliphatic rings. The van der Waals surface area contributed by atoms with E-state index in [9.17, 15) is 9.59 Å². The summed E-state index contributed by atoms with van der Waals surface area (Å²) < 4.78 is 16.8. The highest BCUT2D eigenvalue weighted by atomic mass is 35.5. The molecule has 2 aliphatic heterocycles. The number of carbonyl (C=O) groups excluding carboxylic acids is 2. The molecule has 1 N–H and O–H groups in total. The number of aryl methyl sites for hydroxylation is 1. The number of nitrogens with zero attached hydrogens (tertiary/aromatic N) is 2. The maximum Gasteiger partial charge on any atom is 0.322 e. The summed E-state index contributed by atoms with van der Waals surface area (Å²) in [4.78, 5) is 31.6. The van der Waals surface area contributed by atoms with Crippen molar-refractivity contribution in [3.8, 4) is 11.5 Å². The molecule has 200 valence electrons. The van der Waals surface area contributed by atoms with Crippen molar-refractivity contribution in [1.82, 2.24) is 9.80 Å². The Balaban J connectivity index is 1.35. The Bertz CT molecular complexity index is 1290. The summed E-state index contributed by atoms with van der Waals surface area (Å²) in [5.74, 6) is 1.21. The molecule has 8 nitrogen and oxygen atoms in total. The van der Waals surface area contributed by atoms with E-state index in [1.807, 2.05) is 36.6 Å². The zero-order valence-electron chi connectivity index (χ0n) is 21.2. The summed E-state index contributed by atoms with van der Waals surface area (Å²) in [5, 5.41) is 5.42. The summed E-state index contributed by atoms with van der Waals surface area (Å²) in [7, 11) is 0. The van der Waals surface area contributed by atoms with Gasteiger partial charge in [0.25, 0.3) is 0 Å². The standard InChI is InChI=1S/C28H30ClN3O5S/c1-19-9-11-38-26(19)16-31(14-20-7-8-24-25(12-20)37-18-36-24)27(33)17-32(15-23-6-3-10-35-23)28(34)30-22-5-2-4-21(29)13-22/h2,4-5,7-9,11-13,23H,3,6,10,14-18H2,1H3,(H,30,34)/t23-/m0/s1. The van der Waals surface area contributed by atoms with Gasteiger partial charge in [0.05, 0.1) is 12.6 Å². The highest BCUT2D eigenvalue weighted by Crippen LogP contribution is 2.33. The molecule has 3 heterocycles. The van der Waals surface area contributed by atoms with Crippen LogP contribution in [0.4, 0.5) is 10.5 Å². The van der Waals surface area contributed by atoms with Crippen molar-refractivity contribution in [2.75, 3.05) is 31.8 Å². The number of ether oxygens (including phenoxy) is 3. The first-order valence-corrected chi connectivity index (χ1v) is 13.8. The first-order chi connectivity index (χ1) is 18.4. The quantitative estimate of drug-likeness (QED) is 0.367. The van der Waals surface area contributed by atoms with Gasteiger partial charge < -0.3 is 29.3 Å². The van der Waals surface area contributed by atoms with E-state index in [4.69, 9.17) is 25.8 Å². The highest BCUT2D eigenvalue weighted by Gasteiger charge is 2.27. The number of urea groups is 1. The third kappa shape index (κ3) is 6.59. The molecule has 0 saturated carbocycles. The molecule has 2 aromatic carbocycles. The molecule has 5 rings (SSSR count). The summed E-state index contributed by atoms with van der Waals surface area (Å²) in [6, 6.07) is 14.3. The van der Waals surface area contributed by atoms with Crippen molar-refractivity contribution in [3.05, 3.63) is 74.9 Å². The molecule has 38 heavy (non-hydrogen) atoms. The number of fused-ring (bicyclic) bond motifs is 1. The topological polar surface area (TPSA) is 80.3 Å². The number of nitrogens with one attached hydrogen (secondary N) is 1. The predicted molar refractivity (Wildman–Crippen MR) is 147 cm³/mol. The molecule has 3 amide bonds. The Morgan fingerprint density at radius 1 is 1.08 bits per heavy atom. The molecule has 3 aromatic rings. The molecular formula is C28H30ClN3O5S. The van der Waals surface area contributed by atoms with Gasteiger partial charge in [-0.1, -0.05) is 23.7 Å². The molecular weight excluding hydrogens is 526 g/mol. The average Bonchev–Trinajstić information content (AvgIpc) is 3.66. The monoisotopic (exact) mass is 555 g/mol. The van der Waals surface area contributed by atoms with E-state index in [2.05, 4.69) is 5.32 Å². The number of rotatable bonds is 9. The van der Waals surface area contributed by atoms with E-state index in [1.165, 1.54) is 4.90 Å². The number of anilines is 1. The van der Waals surface area contributed by atoms with Gasteiger partial charge >= 0.3 is 6.03 Å². The number of hydrogen-bond donors (Lipinski definition) is 1. The van der Waals surface area contributed by atoms with Crippen LogP contribution in [0.2, 0.25) is 5.02 Å². The average molecular weight is 556 g/mol. The molecule has 0 bridgehead atoms. The van der Waals surface area contributed by atoms with Crippen LogP contribution >= 0.6 is 22.9 Å². The van der Waals surface area contributed by atoms with Gasteiger partial charge in [0.2, 0.25) is 12.7 Å². The molecule has 1 fully saturated rings. The lowest BCUT2D eigenvalue weighted by Gasteiger charge is -2.29. The Labute approximate surface area is 231 Å². The van der Waals surface area contributed by atoms with Crippen LogP contribution in [0.1, 0.15) is 28.8 Å². The van der Waals surface area contributed by atoms with Crippen molar-refractivity contribution < 1.29 is 23.8 Å². The molecule has 0 spiro atoms. The van der Waals surface area contributed by atoms with Gasteiger partial charge in [0.1, 0.15) is 6.54 Å². The number of carbonyl (C=O) groups is 2. The zero-order valence-corrected chi connectivity index (χ0v) is 22.7. The summed E-state index contributed by atoms with van der Waals surface area (Å²) in [6.45, 7) is 3.95. The van der Waals surface area contributed by atoms with Gasteiger partial charge in [-0.2, -0.15) is 0 Å². The minimum atomic E-state index is -0.369. The van der Waals surface area contributed by atoms with Crippen LogP contribution in [0.25, 0.3) is 0 Å². The van der Waals surface area contributed by atoms with E-state index < -0.39 is 0 Å². The van der Waals surface area contributed by atoms with Crippen LogP contribution in [-0.2, 0) is 22.6 Å². The Morgan fingerprint density at radius 3 is 2.71 bits per heavy atom. The fourth-order valence-corrected chi connectivity index (χ4v) is 5.63. The van der Waals surface area contributed by atoms with Crippen molar-refractivity contribution in [1.29, 1.82) is 0 Å². The van der Waals surface area contributed by atoms with Crippen LogP contribution < -0.4 is 14.8 Å². The Morgan fingerprint density at radius 2 is 1.95 bits per heavy atom. The van der Waals surface area contributed by atoms with Crippen LogP contribution in [0.15, 0.2) is 53.9 Å². The van der Waals surface area contributed by atoms with E-state index in [1.54, 1.807) is 40.5 Å². The van der Waals surface area contributed by atoms with Crippen LogP contribution in [0, 0.1) is 6.92 Å². The Kier molecular flexibility index (Phi) is 8.36. The smallest absolute Gasteiger partial charge is 0.322 e. The van der Waals surface area contributed by atoms with Gasteiger partial charge in [-0.05, 0) is 72.7 Å². The summed E-state index contributed by atoms with van der Waals surface area (Å²) in [6.07, 6.45) is 1.69. The minimum Gasteiger partial charge on any atom is -0.454 e. The van der Waals surface area contributed by atoms with Crippen LogP contribution in [0.5, 0.6) is 11.5 Å². The van der Waals surface area contributed by atoms with E-state index in [0.29, 0.717) is 48.5 Å². The van der Waals surface area contributed by atoms with Crippen LogP contribution in [0.3, 0.4) is 0 Å². The number of benzene rings is 2. The summed E-state index contributed by atoms with van der Waals surface area (Å²) >= 11 is 7.72. The number of thiophene rings is 1. The zero-order chi connectivity index (χ0) is 26.5. The molecule has 1 atom stereocenters. The number of hydrogen-bond acceptors (Lipinski definition) is 6. The maximum atomic E-state index is 13.8. The minimum absolute atomic E-state index is 0.0821. The lowest BCUT2D eigenvalue weighted by Crippen LogP contribution is -2.46. The van der Waals surface area contributed by atoms with Crippen molar-refractivity contribution >= 4 is 40.6 Å². The van der Waals surface area contributed by atoms with Gasteiger partial charge in [-0.3, -0.25) is 4.79 Å². The molecule has 10 heteroatoms. The fourth-order valence-electron chi connectivity index (χ4n) is 4.52. The van der Waals surface area contributed by atoms with E-state index >= 15 is 0 Å². The largest absolute Gasteiger partial charge is 0.454 e. The second kappa shape index (κ2) is 12.1. The molecule has 1 aromatic heterocycles. The van der Waals surface area contributed by atoms with Crippen molar-refractivity contribution in [2.45, 2.75) is 39.0 Å². The van der Waals surface area contributed by atoms with Gasteiger partial charge in [-0.15, -0.1) is 11.3 Å². The fraction of sp³-hybridized carbons (Fsp3) is 0.357. The molecule has 0 aliphatic carbocycles. The van der Waals surface area contributed by atoms with Gasteiger partial charge in [0.15, 0.2) is 11.5 Å². The second-order valence-corrected chi connectivity index (χ2v) is 10.9. The normalized spacial score (nSPS) is 15.9. The maximum absolute atomic E-state index is 13.8. The lowest BCUT2D eigenvalue weighted by molar-refractivity contribution is -0.133. The highest BCUT2D eigenvalue weighted by molar-refractivity contribution is 7.10. The van der Waals surface area contributed by atoms with Crippen LogP contribution in [-0.4, -0.2) is 54.3 Å². The summed E-state index contributed by atoms with van der Waals surface area (Å²) in [5.41, 5.74) is 2.62. The molecule has 1 saturated heterocycles. The lowest BCUT2D eigenvalue weighted by atomic mass is 10.1. The second-order valence-electron chi connectivity index (χ2n) is 9.42. The SMILES string of the molecule is Cc1ccsc1CN(Cc1ccc2c(c1)OCO2)C(=O)CN(C[C@@H]1CCCO1)C(=O)Nc1cccc(Cl)c1. The van der Waals surface area contributed by atoms with Crippen molar-refractivity contribution in [3.63, 3.8) is 0 Å². The first kappa shape index (κ1) is 26.3. The number of amides is 3. The van der Waals surface area contributed by atoms with E-state index in [-0.39, 0.29) is 31.4 Å². The predicted octanol–water partition coefficient (Wildman–Crippen LogP) is 5.68. The third-order valence-electron chi connectivity index (χ3n) is 6.60. The van der Waals surface area contributed by atoms with Gasteiger partial charge in [0, 0.05) is 35.3 Å². The number of halogens is 1. The molecule has 0 radical (unpaired) electrons. The van der Waals surface area contributed by atoms with Gasteiger partial charge in [-0.25, -0.2) is 4.79 Å². The van der Waals surface area contributed by atoms with E-state index in [0.717, 1.165) is 28.8 Å². The third-order valence-corrected chi connectivity index (χ3v) is 7.85. The molecule has 0 unspecified atom stereocenters. The Hall–Kier alpha value is -3.27. The van der Waals surface area contributed by atoms with Crippen molar-refractivity contribution in [2.24, 2.45) is 0 Å². The first-order valence-electron chi connectivity index (χ1n) is 12.6.